The largest absolute Gasteiger partial charge is 0.497 e. The van der Waals surface area contributed by atoms with E-state index in [4.69, 9.17) is 14.2 Å². The van der Waals surface area contributed by atoms with Crippen LogP contribution in [0.2, 0.25) is 0 Å². The van der Waals surface area contributed by atoms with Crippen LogP contribution < -0.4 is 19.5 Å². The van der Waals surface area contributed by atoms with Crippen LogP contribution in [-0.4, -0.2) is 37.0 Å². The van der Waals surface area contributed by atoms with Crippen molar-refractivity contribution >= 4 is 11.6 Å². The van der Waals surface area contributed by atoms with E-state index < -0.39 is 0 Å². The third-order valence-corrected chi connectivity index (χ3v) is 4.13. The number of hydrogen-bond donors (Lipinski definition) is 1. The van der Waals surface area contributed by atoms with Crippen LogP contribution in [0, 0.1) is 0 Å². The maximum absolute atomic E-state index is 12.7. The Kier molecular flexibility index (Phi) is 5.30. The highest BCUT2D eigenvalue weighted by Gasteiger charge is 2.17. The van der Waals surface area contributed by atoms with E-state index in [-0.39, 0.29) is 5.91 Å². The van der Waals surface area contributed by atoms with Crippen molar-refractivity contribution in [2.75, 3.05) is 26.6 Å². The first kappa shape index (κ1) is 18.3. The second-order valence-electron chi connectivity index (χ2n) is 5.79. The Balaban J connectivity index is 1.87. The summed E-state index contributed by atoms with van der Waals surface area (Å²) >= 11 is 0. The van der Waals surface area contributed by atoms with Gasteiger partial charge in [-0.2, -0.15) is 5.10 Å². The number of ether oxygens (including phenoxy) is 3. The van der Waals surface area contributed by atoms with Gasteiger partial charge in [-0.05, 0) is 30.3 Å². The average molecular weight is 367 g/mol. The fourth-order valence-electron chi connectivity index (χ4n) is 2.69. The van der Waals surface area contributed by atoms with Crippen molar-refractivity contribution in [3.63, 3.8) is 0 Å². The predicted molar refractivity (Wildman–Crippen MR) is 103 cm³/mol. The van der Waals surface area contributed by atoms with Gasteiger partial charge < -0.3 is 19.5 Å². The molecule has 1 aromatic heterocycles. The lowest BCUT2D eigenvalue weighted by molar-refractivity contribution is 0.101. The molecule has 1 amide bonds. The Morgan fingerprint density at radius 1 is 0.963 bits per heavy atom. The minimum Gasteiger partial charge on any atom is -0.497 e. The molecular formula is C20H21N3O4. The summed E-state index contributed by atoms with van der Waals surface area (Å²) in [5.74, 6) is 1.60. The summed E-state index contributed by atoms with van der Waals surface area (Å²) in [5.41, 5.74) is 2.52. The number of aryl methyl sites for hydroxylation is 1. The molecule has 7 heteroatoms. The minimum atomic E-state index is -0.289. The van der Waals surface area contributed by atoms with Crippen LogP contribution in [0.1, 0.15) is 10.5 Å². The minimum absolute atomic E-state index is 0.289. The van der Waals surface area contributed by atoms with Crippen molar-refractivity contribution in [3.05, 3.63) is 54.2 Å². The third kappa shape index (κ3) is 3.87. The number of methoxy groups -OCH3 is 3. The molecule has 2 aromatic carbocycles. The molecule has 0 aliphatic carbocycles. The van der Waals surface area contributed by atoms with Crippen LogP contribution in [0.15, 0.2) is 48.5 Å². The Morgan fingerprint density at radius 2 is 1.70 bits per heavy atom. The molecule has 3 rings (SSSR count). The molecule has 0 bridgehead atoms. The van der Waals surface area contributed by atoms with Gasteiger partial charge in [0.2, 0.25) is 0 Å². The smallest absolute Gasteiger partial charge is 0.274 e. The van der Waals surface area contributed by atoms with Crippen molar-refractivity contribution in [2.24, 2.45) is 7.05 Å². The summed E-state index contributed by atoms with van der Waals surface area (Å²) in [6.45, 7) is 0. The molecule has 3 aromatic rings. The average Bonchev–Trinajstić information content (AvgIpc) is 3.10. The van der Waals surface area contributed by atoms with Gasteiger partial charge in [0.15, 0.2) is 0 Å². The van der Waals surface area contributed by atoms with Crippen LogP contribution in [0.5, 0.6) is 17.2 Å². The van der Waals surface area contributed by atoms with Gasteiger partial charge in [0.1, 0.15) is 22.9 Å². The molecule has 1 heterocycles. The number of rotatable bonds is 6. The van der Waals surface area contributed by atoms with Crippen molar-refractivity contribution in [2.45, 2.75) is 0 Å². The van der Waals surface area contributed by atoms with Crippen LogP contribution in [0.4, 0.5) is 5.69 Å². The van der Waals surface area contributed by atoms with Crippen molar-refractivity contribution in [1.29, 1.82) is 0 Å². The molecule has 0 saturated carbocycles. The van der Waals surface area contributed by atoms with E-state index >= 15 is 0 Å². The molecule has 27 heavy (non-hydrogen) atoms. The zero-order valence-corrected chi connectivity index (χ0v) is 15.6. The number of benzene rings is 2. The van der Waals surface area contributed by atoms with Gasteiger partial charge in [0, 0.05) is 18.7 Å². The normalized spacial score (nSPS) is 10.4. The van der Waals surface area contributed by atoms with Crippen molar-refractivity contribution in [1.82, 2.24) is 9.78 Å². The lowest BCUT2D eigenvalue weighted by atomic mass is 10.1. The van der Waals surface area contributed by atoms with Gasteiger partial charge in [-0.15, -0.1) is 0 Å². The molecular weight excluding hydrogens is 346 g/mol. The van der Waals surface area contributed by atoms with E-state index in [2.05, 4.69) is 10.4 Å². The first-order valence-corrected chi connectivity index (χ1v) is 8.27. The molecule has 0 saturated heterocycles. The zero-order valence-electron chi connectivity index (χ0n) is 15.6. The van der Waals surface area contributed by atoms with E-state index in [0.29, 0.717) is 28.6 Å². The number of nitrogens with zero attached hydrogens (tertiary/aromatic N) is 2. The van der Waals surface area contributed by atoms with Crippen molar-refractivity contribution < 1.29 is 19.0 Å². The van der Waals surface area contributed by atoms with E-state index in [9.17, 15) is 4.79 Å². The van der Waals surface area contributed by atoms with Crippen molar-refractivity contribution in [3.8, 4) is 28.5 Å². The Morgan fingerprint density at radius 3 is 2.41 bits per heavy atom. The fourth-order valence-corrected chi connectivity index (χ4v) is 2.69. The van der Waals surface area contributed by atoms with E-state index in [1.807, 2.05) is 24.3 Å². The van der Waals surface area contributed by atoms with Gasteiger partial charge in [0.05, 0.1) is 32.7 Å². The van der Waals surface area contributed by atoms with Crippen LogP contribution in [0.25, 0.3) is 11.3 Å². The predicted octanol–water partition coefficient (Wildman–Crippen LogP) is 3.37. The second kappa shape index (κ2) is 7.82. The topological polar surface area (TPSA) is 74.6 Å². The number of nitrogens with one attached hydrogen (secondary N) is 1. The Hall–Kier alpha value is -3.48. The number of carbonyl (C=O) groups excluding carboxylic acids is 1. The molecule has 7 nitrogen and oxygen atoms in total. The maximum atomic E-state index is 12.7. The van der Waals surface area contributed by atoms with Crippen LogP contribution in [-0.2, 0) is 7.05 Å². The van der Waals surface area contributed by atoms with Gasteiger partial charge >= 0.3 is 0 Å². The number of amides is 1. The molecule has 0 unspecified atom stereocenters. The Bertz CT molecular complexity index is 966. The molecule has 0 spiro atoms. The monoisotopic (exact) mass is 367 g/mol. The number of anilines is 1. The highest BCUT2D eigenvalue weighted by Crippen LogP contribution is 2.30. The molecule has 1 N–H and O–H groups in total. The lowest BCUT2D eigenvalue weighted by Gasteiger charge is -2.11. The lowest BCUT2D eigenvalue weighted by Crippen LogP contribution is -2.16. The molecule has 0 radical (unpaired) electrons. The highest BCUT2D eigenvalue weighted by molar-refractivity contribution is 6.04. The SMILES string of the molecule is COc1cccc(-c2cc(C(=O)Nc3ccc(OC)cc3OC)n(C)n2)c1. The van der Waals surface area contributed by atoms with Gasteiger partial charge in [-0.25, -0.2) is 0 Å². The molecule has 0 aliphatic rings. The summed E-state index contributed by atoms with van der Waals surface area (Å²) in [4.78, 5) is 12.7. The number of hydrogen-bond acceptors (Lipinski definition) is 5. The summed E-state index contributed by atoms with van der Waals surface area (Å²) in [7, 11) is 6.45. The summed E-state index contributed by atoms with van der Waals surface area (Å²) in [5, 5.41) is 7.29. The van der Waals surface area contributed by atoms with E-state index in [1.54, 1.807) is 50.2 Å². The quantitative estimate of drug-likeness (QED) is 0.723. The highest BCUT2D eigenvalue weighted by atomic mass is 16.5. The van der Waals surface area contributed by atoms with Gasteiger partial charge in [-0.3, -0.25) is 9.48 Å². The van der Waals surface area contributed by atoms with Crippen LogP contribution >= 0.6 is 0 Å². The molecule has 0 fully saturated rings. The first-order chi connectivity index (χ1) is 13.0. The maximum Gasteiger partial charge on any atom is 0.274 e. The summed E-state index contributed by atoms with van der Waals surface area (Å²) < 4.78 is 17.3. The summed E-state index contributed by atoms with van der Waals surface area (Å²) in [6.07, 6.45) is 0. The van der Waals surface area contributed by atoms with Gasteiger partial charge in [0.25, 0.3) is 5.91 Å². The zero-order chi connectivity index (χ0) is 19.4. The standard InChI is InChI=1S/C20H21N3O4/c1-23-18(12-17(22-23)13-6-5-7-14(10-13)25-2)20(24)21-16-9-8-15(26-3)11-19(16)27-4/h5-12H,1-4H3,(H,21,24). The summed E-state index contributed by atoms with van der Waals surface area (Å²) in [6, 6.07) is 14.5. The molecule has 0 atom stereocenters. The van der Waals surface area contributed by atoms with E-state index in [0.717, 1.165) is 11.3 Å². The van der Waals surface area contributed by atoms with E-state index in [1.165, 1.54) is 7.11 Å². The number of aromatic nitrogens is 2. The molecule has 140 valence electrons. The molecule has 0 aliphatic heterocycles. The fraction of sp³-hybridized carbons (Fsp3) is 0.200. The third-order valence-electron chi connectivity index (χ3n) is 4.13. The van der Waals surface area contributed by atoms with Gasteiger partial charge in [-0.1, -0.05) is 12.1 Å². The second-order valence-corrected chi connectivity index (χ2v) is 5.79. The van der Waals surface area contributed by atoms with Crippen LogP contribution in [0.3, 0.4) is 0 Å². The first-order valence-electron chi connectivity index (χ1n) is 8.27. The number of carbonyl (C=O) groups is 1. The Labute approximate surface area is 157 Å².